The van der Waals surface area contributed by atoms with Crippen LogP contribution in [0, 0.1) is 11.3 Å². The van der Waals surface area contributed by atoms with Crippen LogP contribution in [-0.2, 0) is 10.3 Å². The van der Waals surface area contributed by atoms with Gasteiger partial charge in [0.05, 0.1) is 23.1 Å². The van der Waals surface area contributed by atoms with E-state index in [1.807, 2.05) is 56.3 Å². The van der Waals surface area contributed by atoms with Crippen molar-refractivity contribution in [1.82, 2.24) is 10.2 Å². The molecule has 5 nitrogen and oxygen atoms in total. The van der Waals surface area contributed by atoms with E-state index in [1.165, 1.54) is 0 Å². The molecule has 0 aromatic heterocycles. The number of guanidine groups is 1. The van der Waals surface area contributed by atoms with Gasteiger partial charge < -0.3 is 10.4 Å². The molecule has 0 radical (unpaired) electrons. The second-order valence-electron chi connectivity index (χ2n) is 8.94. The van der Waals surface area contributed by atoms with Gasteiger partial charge in [0.2, 0.25) is 5.91 Å². The molecule has 1 heterocycles. The lowest BCUT2D eigenvalue weighted by Crippen LogP contribution is -2.62. The highest BCUT2D eigenvalue weighted by Gasteiger charge is 2.44. The number of carbonyl (C=O) groups is 1. The second-order valence-corrected chi connectivity index (χ2v) is 9.75. The van der Waals surface area contributed by atoms with Crippen molar-refractivity contribution >= 4 is 47.5 Å². The first-order valence-corrected chi connectivity index (χ1v) is 11.4. The number of nitrogens with one attached hydrogen (secondary N) is 2. The van der Waals surface area contributed by atoms with E-state index >= 15 is 0 Å². The first-order valence-electron chi connectivity index (χ1n) is 10.6. The third-order valence-electron chi connectivity index (χ3n) is 6.60. The van der Waals surface area contributed by atoms with Crippen molar-refractivity contribution in [1.29, 1.82) is 5.41 Å². The van der Waals surface area contributed by atoms with Gasteiger partial charge in [0.25, 0.3) is 0 Å². The fraction of sp³-hybridized carbons (Fsp3) is 0.417. The van der Waals surface area contributed by atoms with Crippen LogP contribution in [-0.4, -0.2) is 34.0 Å². The molecule has 3 N–H and O–H groups in total. The molecule has 4 rings (SSSR count). The van der Waals surface area contributed by atoms with Crippen LogP contribution in [0.5, 0.6) is 0 Å². The lowest BCUT2D eigenvalue weighted by molar-refractivity contribution is -0.133. The third-order valence-corrected chi connectivity index (χ3v) is 7.24. The summed E-state index contributed by atoms with van der Waals surface area (Å²) in [6.07, 6.45) is 1.90. The van der Waals surface area contributed by atoms with Gasteiger partial charge in [-0.1, -0.05) is 60.5 Å². The Hall–Kier alpha value is -1.79. The predicted molar refractivity (Wildman–Crippen MR) is 132 cm³/mol. The molecule has 4 atom stereocenters. The van der Waals surface area contributed by atoms with Crippen LogP contribution >= 0.6 is 35.6 Å². The molecular weight excluding hydrogens is 469 g/mol. The summed E-state index contributed by atoms with van der Waals surface area (Å²) in [6, 6.07) is 13.2. The van der Waals surface area contributed by atoms with E-state index < -0.39 is 5.54 Å². The molecule has 2 aromatic rings. The molecule has 1 amide bonds. The molecule has 2 aromatic carbocycles. The summed E-state index contributed by atoms with van der Waals surface area (Å²) in [4.78, 5) is 14.8. The lowest BCUT2D eigenvalue weighted by Gasteiger charge is -2.46. The highest BCUT2D eigenvalue weighted by Crippen LogP contribution is 2.40. The Morgan fingerprint density at radius 1 is 1.19 bits per heavy atom. The van der Waals surface area contributed by atoms with E-state index in [4.69, 9.17) is 28.6 Å². The first kappa shape index (κ1) is 24.8. The van der Waals surface area contributed by atoms with Gasteiger partial charge in [0.15, 0.2) is 5.96 Å². The van der Waals surface area contributed by atoms with Crippen LogP contribution in [0.3, 0.4) is 0 Å². The van der Waals surface area contributed by atoms with E-state index in [0.29, 0.717) is 29.3 Å². The number of halogens is 3. The van der Waals surface area contributed by atoms with Gasteiger partial charge in [-0.25, -0.2) is 0 Å². The van der Waals surface area contributed by atoms with Gasteiger partial charge in [-0.2, -0.15) is 0 Å². The number of rotatable bonds is 3. The number of nitrogens with zero attached hydrogens (tertiary/aromatic N) is 1. The lowest BCUT2D eigenvalue weighted by atomic mass is 9.81. The molecular formula is C24H28Cl3N3O2. The van der Waals surface area contributed by atoms with Crippen molar-refractivity contribution in [3.63, 3.8) is 0 Å². The van der Waals surface area contributed by atoms with Crippen molar-refractivity contribution in [3.05, 3.63) is 58.1 Å². The third kappa shape index (κ3) is 4.62. The monoisotopic (exact) mass is 495 g/mol. The van der Waals surface area contributed by atoms with Crippen LogP contribution in [0.25, 0.3) is 11.1 Å². The summed E-state index contributed by atoms with van der Waals surface area (Å²) in [7, 11) is 0. The zero-order valence-corrected chi connectivity index (χ0v) is 20.4. The molecule has 2 fully saturated rings. The summed E-state index contributed by atoms with van der Waals surface area (Å²) >= 11 is 13.0. The minimum Gasteiger partial charge on any atom is -0.393 e. The number of hydrogen-bond acceptors (Lipinski definition) is 3. The fourth-order valence-corrected chi connectivity index (χ4v) is 5.48. The summed E-state index contributed by atoms with van der Waals surface area (Å²) in [5.74, 6) is 0.108. The average molecular weight is 497 g/mol. The zero-order chi connectivity index (χ0) is 22.3. The van der Waals surface area contributed by atoms with Gasteiger partial charge in [-0.05, 0) is 55.4 Å². The van der Waals surface area contributed by atoms with Crippen LogP contribution < -0.4 is 5.32 Å². The summed E-state index contributed by atoms with van der Waals surface area (Å²) in [6.45, 7) is 3.90. The Balaban J connectivity index is 0.00000289. The van der Waals surface area contributed by atoms with E-state index in [2.05, 4.69) is 5.32 Å². The normalized spacial score (nSPS) is 28.2. The minimum absolute atomic E-state index is 0. The molecule has 0 unspecified atom stereocenters. The summed E-state index contributed by atoms with van der Waals surface area (Å²) in [5, 5.41) is 23.1. The van der Waals surface area contributed by atoms with Gasteiger partial charge >= 0.3 is 0 Å². The Bertz CT molecular complexity index is 1010. The SMILES string of the molecule is C[C@@H]1C[C@H](N2C(=N)N[C@](C)(c3cccc(-c4cccc(Cl)c4)c3Cl)CC2=O)CC[C@H]1O.Cl. The van der Waals surface area contributed by atoms with Crippen molar-refractivity contribution in [2.45, 2.75) is 57.2 Å². The molecule has 0 spiro atoms. The highest BCUT2D eigenvalue weighted by molar-refractivity contribution is 6.34. The van der Waals surface area contributed by atoms with Crippen LogP contribution in [0.15, 0.2) is 42.5 Å². The van der Waals surface area contributed by atoms with Crippen molar-refractivity contribution in [2.24, 2.45) is 5.92 Å². The molecule has 2 aliphatic rings. The number of aliphatic hydroxyl groups excluding tert-OH is 1. The predicted octanol–water partition coefficient (Wildman–Crippen LogP) is 5.60. The van der Waals surface area contributed by atoms with Gasteiger partial charge in [0, 0.05) is 16.6 Å². The topological polar surface area (TPSA) is 76.4 Å². The molecule has 172 valence electrons. The standard InChI is InChI=1S/C24H27Cl2N3O2.ClH/c1-14-11-17(9-10-20(14)30)29-21(31)13-24(2,28-23(29)27)19-8-4-7-18(22(19)26)15-5-3-6-16(25)12-15;/h3-8,12,14,17,20,30H,9-11,13H2,1-2H3,(H2,27,28);1H/t14-,17-,20-,24+;/m1./s1. The second kappa shape index (κ2) is 9.60. The molecule has 8 heteroatoms. The maximum atomic E-state index is 13.2. The van der Waals surface area contributed by atoms with E-state index in [0.717, 1.165) is 16.7 Å². The Kier molecular flexibility index (Phi) is 7.45. The number of aliphatic hydroxyl groups is 1. The minimum atomic E-state index is -0.796. The van der Waals surface area contributed by atoms with Gasteiger partial charge in [-0.3, -0.25) is 15.1 Å². The molecule has 0 bridgehead atoms. The van der Waals surface area contributed by atoms with E-state index in [9.17, 15) is 9.90 Å². The molecule has 1 saturated heterocycles. The average Bonchev–Trinajstić information content (AvgIpc) is 2.70. The van der Waals surface area contributed by atoms with Gasteiger partial charge in [0.1, 0.15) is 0 Å². The van der Waals surface area contributed by atoms with Crippen molar-refractivity contribution in [3.8, 4) is 11.1 Å². The Morgan fingerprint density at radius 2 is 1.91 bits per heavy atom. The quantitative estimate of drug-likeness (QED) is 0.517. The molecule has 1 aliphatic carbocycles. The largest absolute Gasteiger partial charge is 0.393 e. The Labute approximate surface area is 205 Å². The maximum Gasteiger partial charge on any atom is 0.232 e. The number of carbonyl (C=O) groups excluding carboxylic acids is 1. The summed E-state index contributed by atoms with van der Waals surface area (Å²) in [5.41, 5.74) is 1.71. The molecule has 32 heavy (non-hydrogen) atoms. The van der Waals surface area contributed by atoms with Crippen molar-refractivity contribution in [2.75, 3.05) is 0 Å². The molecule has 1 aliphatic heterocycles. The van der Waals surface area contributed by atoms with Crippen LogP contribution in [0.2, 0.25) is 10.0 Å². The van der Waals surface area contributed by atoms with Gasteiger partial charge in [-0.15, -0.1) is 12.4 Å². The van der Waals surface area contributed by atoms with Crippen LogP contribution in [0.4, 0.5) is 0 Å². The maximum absolute atomic E-state index is 13.2. The van der Waals surface area contributed by atoms with E-state index in [1.54, 1.807) is 4.90 Å². The smallest absolute Gasteiger partial charge is 0.232 e. The number of amides is 1. The van der Waals surface area contributed by atoms with Crippen LogP contribution in [0.1, 0.15) is 45.1 Å². The first-order chi connectivity index (χ1) is 14.7. The number of benzene rings is 2. The summed E-state index contributed by atoms with van der Waals surface area (Å²) < 4.78 is 0. The molecule has 1 saturated carbocycles. The van der Waals surface area contributed by atoms with Crippen molar-refractivity contribution < 1.29 is 9.90 Å². The number of hydrogen-bond donors (Lipinski definition) is 3. The Morgan fingerprint density at radius 3 is 2.56 bits per heavy atom. The van der Waals surface area contributed by atoms with E-state index in [-0.39, 0.29) is 48.8 Å². The fourth-order valence-electron chi connectivity index (χ4n) is 4.85. The highest BCUT2D eigenvalue weighted by atomic mass is 35.5. The zero-order valence-electron chi connectivity index (χ0n) is 18.1.